The van der Waals surface area contributed by atoms with E-state index >= 15 is 0 Å². The van der Waals surface area contributed by atoms with Gasteiger partial charge in [-0.3, -0.25) is 14.4 Å². The number of ether oxygens (including phenoxy) is 1. The zero-order valence-corrected chi connectivity index (χ0v) is 16.2. The maximum atomic E-state index is 12.3. The van der Waals surface area contributed by atoms with E-state index in [1.807, 2.05) is 30.3 Å². The van der Waals surface area contributed by atoms with Gasteiger partial charge in [-0.1, -0.05) is 30.3 Å². The van der Waals surface area contributed by atoms with E-state index in [-0.39, 0.29) is 24.3 Å². The Hall–Kier alpha value is -2.63. The average molecular weight is 372 g/mol. The fourth-order valence-electron chi connectivity index (χ4n) is 2.88. The second kappa shape index (κ2) is 9.35. The summed E-state index contributed by atoms with van der Waals surface area (Å²) in [6.45, 7) is 6.28. The fraction of sp³-hybridized carbons (Fsp3) is 0.476. The number of benzene rings is 1. The Labute approximate surface area is 160 Å². The van der Waals surface area contributed by atoms with Crippen LogP contribution in [0.4, 0.5) is 0 Å². The molecule has 0 spiro atoms. The number of hydrogen-bond donors (Lipinski definition) is 1. The molecule has 0 bridgehead atoms. The van der Waals surface area contributed by atoms with E-state index in [1.54, 1.807) is 37.8 Å². The lowest BCUT2D eigenvalue weighted by Crippen LogP contribution is -2.44. The number of likely N-dealkylation sites (tertiary alicyclic amines) is 1. The lowest BCUT2D eigenvalue weighted by molar-refractivity contribution is -0.154. The normalized spacial score (nSPS) is 15.6. The predicted octanol–water partition coefficient (Wildman–Crippen LogP) is 2.40. The number of nitrogens with zero attached hydrogens (tertiary/aromatic N) is 1. The van der Waals surface area contributed by atoms with Crippen LogP contribution < -0.4 is 5.32 Å². The molecular formula is C21H28N2O4. The minimum atomic E-state index is -0.569. The highest BCUT2D eigenvalue weighted by Gasteiger charge is 2.27. The van der Waals surface area contributed by atoms with Crippen LogP contribution in [0.5, 0.6) is 0 Å². The van der Waals surface area contributed by atoms with Crippen molar-refractivity contribution in [2.45, 2.75) is 39.2 Å². The number of rotatable bonds is 5. The maximum absolute atomic E-state index is 12.3. The first-order valence-electron chi connectivity index (χ1n) is 9.26. The zero-order chi connectivity index (χ0) is 19.9. The van der Waals surface area contributed by atoms with Gasteiger partial charge in [0.2, 0.25) is 11.8 Å². The highest BCUT2D eigenvalue weighted by atomic mass is 16.6. The van der Waals surface area contributed by atoms with Crippen LogP contribution in [0.2, 0.25) is 0 Å². The van der Waals surface area contributed by atoms with Gasteiger partial charge in [0.15, 0.2) is 0 Å². The molecule has 2 amide bonds. The fourth-order valence-corrected chi connectivity index (χ4v) is 2.88. The number of carbonyl (C=O) groups is 3. The average Bonchev–Trinajstić information content (AvgIpc) is 2.64. The molecule has 1 aromatic carbocycles. The van der Waals surface area contributed by atoms with E-state index in [0.29, 0.717) is 25.9 Å². The van der Waals surface area contributed by atoms with Crippen molar-refractivity contribution in [3.63, 3.8) is 0 Å². The van der Waals surface area contributed by atoms with Crippen LogP contribution in [0.3, 0.4) is 0 Å². The molecule has 0 aromatic heterocycles. The molecule has 6 heteroatoms. The van der Waals surface area contributed by atoms with Crippen molar-refractivity contribution in [1.29, 1.82) is 0 Å². The van der Waals surface area contributed by atoms with Gasteiger partial charge in [0.1, 0.15) is 12.1 Å². The van der Waals surface area contributed by atoms with Gasteiger partial charge in [-0.05, 0) is 45.3 Å². The SMILES string of the molecule is CC(C)(C)OC(=O)CNC(=O)C1CCN(C(=O)C=Cc2ccccc2)CC1. The Bertz CT molecular complexity index is 684. The van der Waals surface area contributed by atoms with Gasteiger partial charge >= 0.3 is 5.97 Å². The summed E-state index contributed by atoms with van der Waals surface area (Å²) in [4.78, 5) is 37.9. The van der Waals surface area contributed by atoms with Crippen molar-refractivity contribution in [3.05, 3.63) is 42.0 Å². The molecule has 1 fully saturated rings. The van der Waals surface area contributed by atoms with Crippen LogP contribution in [0.25, 0.3) is 6.08 Å². The highest BCUT2D eigenvalue weighted by molar-refractivity contribution is 5.92. The first kappa shape index (κ1) is 20.7. The number of amides is 2. The van der Waals surface area contributed by atoms with Gasteiger partial charge in [-0.15, -0.1) is 0 Å². The molecule has 1 aliphatic heterocycles. The Kier molecular flexibility index (Phi) is 7.16. The number of nitrogens with one attached hydrogen (secondary N) is 1. The second-order valence-electron chi connectivity index (χ2n) is 7.65. The van der Waals surface area contributed by atoms with E-state index in [1.165, 1.54) is 0 Å². The molecule has 27 heavy (non-hydrogen) atoms. The van der Waals surface area contributed by atoms with Crippen molar-refractivity contribution in [2.75, 3.05) is 19.6 Å². The second-order valence-corrected chi connectivity index (χ2v) is 7.65. The van der Waals surface area contributed by atoms with Crippen LogP contribution >= 0.6 is 0 Å². The van der Waals surface area contributed by atoms with E-state index < -0.39 is 11.6 Å². The zero-order valence-electron chi connectivity index (χ0n) is 16.2. The van der Waals surface area contributed by atoms with Crippen LogP contribution in [-0.4, -0.2) is 47.9 Å². The number of carbonyl (C=O) groups excluding carboxylic acids is 3. The van der Waals surface area contributed by atoms with E-state index in [9.17, 15) is 14.4 Å². The lowest BCUT2D eigenvalue weighted by Gasteiger charge is -2.30. The molecule has 1 heterocycles. The minimum Gasteiger partial charge on any atom is -0.459 e. The molecule has 2 rings (SSSR count). The van der Waals surface area contributed by atoms with Crippen LogP contribution in [0.15, 0.2) is 36.4 Å². The summed E-state index contributed by atoms with van der Waals surface area (Å²) in [5, 5.41) is 2.63. The summed E-state index contributed by atoms with van der Waals surface area (Å²) in [6.07, 6.45) is 4.54. The third-order valence-corrected chi connectivity index (χ3v) is 4.22. The standard InChI is InChI=1S/C21H28N2O4/c1-21(2,3)27-19(25)15-22-20(26)17-11-13-23(14-12-17)18(24)10-9-16-7-5-4-6-8-16/h4-10,17H,11-15H2,1-3H3,(H,22,26). The first-order chi connectivity index (χ1) is 12.7. The maximum Gasteiger partial charge on any atom is 0.325 e. The molecule has 0 saturated carbocycles. The Morgan fingerprint density at radius 1 is 1.15 bits per heavy atom. The minimum absolute atomic E-state index is 0.0496. The van der Waals surface area contributed by atoms with Gasteiger partial charge < -0.3 is 15.0 Å². The molecular weight excluding hydrogens is 344 g/mol. The van der Waals surface area contributed by atoms with Crippen molar-refractivity contribution in [2.24, 2.45) is 5.92 Å². The van der Waals surface area contributed by atoms with Gasteiger partial charge in [0.25, 0.3) is 0 Å². The Morgan fingerprint density at radius 3 is 2.37 bits per heavy atom. The topological polar surface area (TPSA) is 75.7 Å². The smallest absolute Gasteiger partial charge is 0.325 e. The monoisotopic (exact) mass is 372 g/mol. The Morgan fingerprint density at radius 2 is 1.78 bits per heavy atom. The summed E-state index contributed by atoms with van der Waals surface area (Å²) >= 11 is 0. The molecule has 146 valence electrons. The summed E-state index contributed by atoms with van der Waals surface area (Å²) in [5.41, 5.74) is 0.406. The molecule has 1 N–H and O–H groups in total. The number of hydrogen-bond acceptors (Lipinski definition) is 4. The molecule has 1 aliphatic rings. The number of piperidine rings is 1. The number of esters is 1. The van der Waals surface area contributed by atoms with Crippen LogP contribution in [0, 0.1) is 5.92 Å². The van der Waals surface area contributed by atoms with Crippen LogP contribution in [-0.2, 0) is 19.1 Å². The summed E-state index contributed by atoms with van der Waals surface area (Å²) in [7, 11) is 0. The third-order valence-electron chi connectivity index (χ3n) is 4.22. The summed E-state index contributed by atoms with van der Waals surface area (Å²) in [5.74, 6) is -0.844. The predicted molar refractivity (Wildman–Crippen MR) is 104 cm³/mol. The summed E-state index contributed by atoms with van der Waals surface area (Å²) in [6, 6.07) is 9.64. The van der Waals surface area contributed by atoms with Crippen LogP contribution in [0.1, 0.15) is 39.2 Å². The quantitative estimate of drug-likeness (QED) is 0.636. The summed E-state index contributed by atoms with van der Waals surface area (Å²) < 4.78 is 5.17. The molecule has 1 saturated heterocycles. The third kappa shape index (κ3) is 7.25. The van der Waals surface area contributed by atoms with Gasteiger partial charge in [0.05, 0.1) is 0 Å². The van der Waals surface area contributed by atoms with E-state index in [4.69, 9.17) is 4.74 Å². The first-order valence-corrected chi connectivity index (χ1v) is 9.26. The van der Waals surface area contributed by atoms with Gasteiger partial charge in [-0.2, -0.15) is 0 Å². The molecule has 0 atom stereocenters. The molecule has 0 unspecified atom stereocenters. The van der Waals surface area contributed by atoms with E-state index in [0.717, 1.165) is 5.56 Å². The highest BCUT2D eigenvalue weighted by Crippen LogP contribution is 2.18. The van der Waals surface area contributed by atoms with Gasteiger partial charge in [0, 0.05) is 25.1 Å². The lowest BCUT2D eigenvalue weighted by atomic mass is 9.96. The Balaban J connectivity index is 1.74. The largest absolute Gasteiger partial charge is 0.459 e. The molecule has 0 aliphatic carbocycles. The van der Waals surface area contributed by atoms with Crippen molar-refractivity contribution < 1.29 is 19.1 Å². The van der Waals surface area contributed by atoms with Crippen molar-refractivity contribution in [1.82, 2.24) is 10.2 Å². The molecule has 1 aromatic rings. The van der Waals surface area contributed by atoms with Gasteiger partial charge in [-0.25, -0.2) is 0 Å². The van der Waals surface area contributed by atoms with Crippen molar-refractivity contribution in [3.8, 4) is 0 Å². The van der Waals surface area contributed by atoms with Crippen molar-refractivity contribution >= 4 is 23.9 Å². The molecule has 0 radical (unpaired) electrons. The van der Waals surface area contributed by atoms with E-state index in [2.05, 4.69) is 5.32 Å². The molecule has 6 nitrogen and oxygen atoms in total.